The van der Waals surface area contributed by atoms with E-state index in [0.717, 1.165) is 16.6 Å². The third-order valence-electron chi connectivity index (χ3n) is 2.75. The largest absolute Gasteiger partial charge is 0.396 e. The number of fused-ring (bicyclic) bond motifs is 1. The number of urea groups is 1. The standard InChI is InChI=1S/C13H17N3O2/c1-9(5-7-17)15-13(18)16-11-2-3-12-10(8-11)4-6-14-12/h2-4,6,8-9,14,17H,5,7H2,1H3,(H2,15,16,18)/t9-/m1/s1. The van der Waals surface area contributed by atoms with Crippen LogP contribution in [0, 0.1) is 0 Å². The van der Waals surface area contributed by atoms with Gasteiger partial charge in [-0.25, -0.2) is 4.79 Å². The molecule has 5 heteroatoms. The molecule has 1 atom stereocenters. The van der Waals surface area contributed by atoms with Gasteiger partial charge in [0.15, 0.2) is 0 Å². The second kappa shape index (κ2) is 5.55. The molecular weight excluding hydrogens is 230 g/mol. The fourth-order valence-electron chi connectivity index (χ4n) is 1.79. The van der Waals surface area contributed by atoms with Gasteiger partial charge in [0.2, 0.25) is 0 Å². The second-order valence-electron chi connectivity index (χ2n) is 4.29. The van der Waals surface area contributed by atoms with E-state index in [1.54, 1.807) is 0 Å². The number of H-pyrrole nitrogens is 1. The number of benzene rings is 1. The van der Waals surface area contributed by atoms with E-state index in [2.05, 4.69) is 15.6 Å². The van der Waals surface area contributed by atoms with Gasteiger partial charge in [0.1, 0.15) is 0 Å². The van der Waals surface area contributed by atoms with Gasteiger partial charge in [-0.15, -0.1) is 0 Å². The first-order valence-corrected chi connectivity index (χ1v) is 5.94. The molecule has 0 saturated carbocycles. The monoisotopic (exact) mass is 247 g/mol. The zero-order valence-electron chi connectivity index (χ0n) is 10.2. The lowest BCUT2D eigenvalue weighted by atomic mass is 10.2. The Morgan fingerprint density at radius 3 is 3.06 bits per heavy atom. The average molecular weight is 247 g/mol. The lowest BCUT2D eigenvalue weighted by Gasteiger charge is -2.13. The van der Waals surface area contributed by atoms with Gasteiger partial charge in [-0.3, -0.25) is 0 Å². The topological polar surface area (TPSA) is 77.2 Å². The Labute approximate surface area is 105 Å². The molecule has 0 aliphatic heterocycles. The molecule has 0 aliphatic rings. The number of amides is 2. The highest BCUT2D eigenvalue weighted by atomic mass is 16.3. The number of nitrogens with one attached hydrogen (secondary N) is 3. The predicted molar refractivity (Wildman–Crippen MR) is 71.6 cm³/mol. The summed E-state index contributed by atoms with van der Waals surface area (Å²) in [5.74, 6) is 0. The van der Waals surface area contributed by atoms with Gasteiger partial charge in [-0.1, -0.05) is 0 Å². The van der Waals surface area contributed by atoms with Crippen molar-refractivity contribution in [1.29, 1.82) is 0 Å². The minimum Gasteiger partial charge on any atom is -0.396 e. The van der Waals surface area contributed by atoms with Crippen molar-refractivity contribution in [3.8, 4) is 0 Å². The van der Waals surface area contributed by atoms with E-state index >= 15 is 0 Å². The third-order valence-corrected chi connectivity index (χ3v) is 2.75. The molecule has 96 valence electrons. The molecule has 1 aromatic heterocycles. The van der Waals surface area contributed by atoms with E-state index in [1.165, 1.54) is 0 Å². The fourth-order valence-corrected chi connectivity index (χ4v) is 1.79. The van der Waals surface area contributed by atoms with Gasteiger partial charge in [0, 0.05) is 35.4 Å². The van der Waals surface area contributed by atoms with E-state index in [9.17, 15) is 4.79 Å². The maximum Gasteiger partial charge on any atom is 0.319 e. The summed E-state index contributed by atoms with van der Waals surface area (Å²) in [6.45, 7) is 1.92. The summed E-state index contributed by atoms with van der Waals surface area (Å²) in [5, 5.41) is 15.3. The highest BCUT2D eigenvalue weighted by molar-refractivity contribution is 5.92. The van der Waals surface area contributed by atoms with E-state index in [4.69, 9.17) is 5.11 Å². The van der Waals surface area contributed by atoms with Crippen LogP contribution in [0.1, 0.15) is 13.3 Å². The van der Waals surface area contributed by atoms with Crippen molar-refractivity contribution in [1.82, 2.24) is 10.3 Å². The summed E-state index contributed by atoms with van der Waals surface area (Å²) < 4.78 is 0. The van der Waals surface area contributed by atoms with Crippen LogP contribution in [0.15, 0.2) is 30.5 Å². The molecular formula is C13H17N3O2. The van der Waals surface area contributed by atoms with Crippen LogP contribution in [0.2, 0.25) is 0 Å². The normalized spacial score (nSPS) is 12.3. The first kappa shape index (κ1) is 12.4. The summed E-state index contributed by atoms with van der Waals surface area (Å²) in [6.07, 6.45) is 2.40. The van der Waals surface area contributed by atoms with Crippen LogP contribution in [-0.4, -0.2) is 28.8 Å². The number of carbonyl (C=O) groups excluding carboxylic acids is 1. The molecule has 5 nitrogen and oxygen atoms in total. The number of anilines is 1. The molecule has 1 aromatic carbocycles. The van der Waals surface area contributed by atoms with Crippen LogP contribution in [0.25, 0.3) is 10.9 Å². The molecule has 2 rings (SSSR count). The Bertz CT molecular complexity index is 536. The molecule has 0 unspecified atom stereocenters. The summed E-state index contributed by atoms with van der Waals surface area (Å²) >= 11 is 0. The smallest absolute Gasteiger partial charge is 0.319 e. The lowest BCUT2D eigenvalue weighted by Crippen LogP contribution is -2.36. The Balaban J connectivity index is 1.97. The van der Waals surface area contributed by atoms with E-state index in [-0.39, 0.29) is 18.7 Å². The van der Waals surface area contributed by atoms with Crippen LogP contribution in [0.5, 0.6) is 0 Å². The summed E-state index contributed by atoms with van der Waals surface area (Å²) in [5.41, 5.74) is 1.78. The number of carbonyl (C=O) groups is 1. The minimum atomic E-state index is -0.258. The van der Waals surface area contributed by atoms with Crippen molar-refractivity contribution in [3.05, 3.63) is 30.5 Å². The SMILES string of the molecule is C[C@H](CCO)NC(=O)Nc1ccc2[nH]ccc2c1. The molecule has 4 N–H and O–H groups in total. The molecule has 0 fully saturated rings. The highest BCUT2D eigenvalue weighted by Gasteiger charge is 2.07. The van der Waals surface area contributed by atoms with Crippen molar-refractivity contribution < 1.29 is 9.90 Å². The number of hydrogen-bond acceptors (Lipinski definition) is 2. The van der Waals surface area contributed by atoms with Gasteiger partial charge in [-0.05, 0) is 37.6 Å². The van der Waals surface area contributed by atoms with Gasteiger partial charge >= 0.3 is 6.03 Å². The Kier molecular flexibility index (Phi) is 3.84. The van der Waals surface area contributed by atoms with Gasteiger partial charge < -0.3 is 20.7 Å². The maximum absolute atomic E-state index is 11.7. The van der Waals surface area contributed by atoms with Gasteiger partial charge in [0.05, 0.1) is 0 Å². The molecule has 0 spiro atoms. The molecule has 2 amide bonds. The molecule has 1 heterocycles. The lowest BCUT2D eigenvalue weighted by molar-refractivity contribution is 0.241. The molecule has 0 bridgehead atoms. The summed E-state index contributed by atoms with van der Waals surface area (Å²) in [4.78, 5) is 14.8. The Morgan fingerprint density at radius 2 is 2.28 bits per heavy atom. The summed E-state index contributed by atoms with van der Waals surface area (Å²) in [6, 6.07) is 7.31. The van der Waals surface area contributed by atoms with Crippen LogP contribution in [0.3, 0.4) is 0 Å². The number of rotatable bonds is 4. The van der Waals surface area contributed by atoms with Crippen molar-refractivity contribution in [2.75, 3.05) is 11.9 Å². The van der Waals surface area contributed by atoms with E-state index in [1.807, 2.05) is 37.4 Å². The van der Waals surface area contributed by atoms with Crippen molar-refractivity contribution in [3.63, 3.8) is 0 Å². The second-order valence-corrected chi connectivity index (χ2v) is 4.29. The van der Waals surface area contributed by atoms with E-state index < -0.39 is 0 Å². The molecule has 0 aliphatic carbocycles. The van der Waals surface area contributed by atoms with Crippen molar-refractivity contribution >= 4 is 22.6 Å². The number of aliphatic hydroxyl groups is 1. The number of aliphatic hydroxyl groups excluding tert-OH is 1. The average Bonchev–Trinajstić information content (AvgIpc) is 2.76. The maximum atomic E-state index is 11.7. The number of aromatic nitrogens is 1. The summed E-state index contributed by atoms with van der Waals surface area (Å²) in [7, 11) is 0. The predicted octanol–water partition coefficient (Wildman–Crippen LogP) is 2.06. The van der Waals surface area contributed by atoms with Crippen molar-refractivity contribution in [2.24, 2.45) is 0 Å². The minimum absolute atomic E-state index is 0.0500. The molecule has 0 radical (unpaired) electrons. The van der Waals surface area contributed by atoms with Crippen LogP contribution >= 0.6 is 0 Å². The van der Waals surface area contributed by atoms with Crippen molar-refractivity contribution in [2.45, 2.75) is 19.4 Å². The van der Waals surface area contributed by atoms with Crippen LogP contribution in [-0.2, 0) is 0 Å². The van der Waals surface area contributed by atoms with Crippen LogP contribution < -0.4 is 10.6 Å². The molecule has 0 saturated heterocycles. The fraction of sp³-hybridized carbons (Fsp3) is 0.308. The first-order valence-electron chi connectivity index (χ1n) is 5.94. The van der Waals surface area contributed by atoms with E-state index in [0.29, 0.717) is 6.42 Å². The van der Waals surface area contributed by atoms with Gasteiger partial charge in [0.25, 0.3) is 0 Å². The quantitative estimate of drug-likeness (QED) is 0.667. The molecule has 18 heavy (non-hydrogen) atoms. The zero-order chi connectivity index (χ0) is 13.0. The van der Waals surface area contributed by atoms with Crippen LogP contribution in [0.4, 0.5) is 10.5 Å². The number of hydrogen-bond donors (Lipinski definition) is 4. The Hall–Kier alpha value is -2.01. The third kappa shape index (κ3) is 3.01. The van der Waals surface area contributed by atoms with Gasteiger partial charge in [-0.2, -0.15) is 0 Å². The zero-order valence-corrected chi connectivity index (χ0v) is 10.2. The molecule has 2 aromatic rings. The first-order chi connectivity index (χ1) is 8.69. The Morgan fingerprint density at radius 1 is 1.44 bits per heavy atom. The highest BCUT2D eigenvalue weighted by Crippen LogP contribution is 2.17. The number of aromatic amines is 1.